The largest absolute Gasteiger partial charge is 0.480 e. The number of hydrogen-bond donors (Lipinski definition) is 4. The Balaban J connectivity index is -0.000000410. The van der Waals surface area contributed by atoms with Crippen LogP contribution in [0.5, 0.6) is 0 Å². The molecule has 24 heteroatoms. The predicted molar refractivity (Wildman–Crippen MR) is 270 cm³/mol. The highest BCUT2D eigenvalue weighted by atomic mass is 16.7. The molecule has 0 aliphatic carbocycles. The molecular weight excluding hydrogens is 995 g/mol. The average molecular weight is 1080 g/mol. The fraction of sp³-hybridized carbons (Fsp3) is 0.765. The Morgan fingerprint density at radius 1 is 0.587 bits per heavy atom. The molecule has 2 fully saturated rings. The zero-order valence-electron chi connectivity index (χ0n) is 45.9. The van der Waals surface area contributed by atoms with Crippen LogP contribution in [-0.4, -0.2) is 209 Å². The Morgan fingerprint density at radius 3 is 1.32 bits per heavy atom. The number of hydrogen-bond acceptors (Lipinski definition) is 22. The summed E-state index contributed by atoms with van der Waals surface area (Å²) in [6.07, 6.45) is 17.8. The van der Waals surface area contributed by atoms with E-state index in [1.165, 1.54) is 6.42 Å². The van der Waals surface area contributed by atoms with Crippen molar-refractivity contribution in [3.05, 3.63) is 0 Å². The summed E-state index contributed by atoms with van der Waals surface area (Å²) in [7, 11) is 0. The minimum Gasteiger partial charge on any atom is -0.480 e. The van der Waals surface area contributed by atoms with Gasteiger partial charge in [0, 0.05) is 25.9 Å². The van der Waals surface area contributed by atoms with E-state index in [1.54, 1.807) is 48.5 Å². The highest BCUT2D eigenvalue weighted by Gasteiger charge is 2.33. The van der Waals surface area contributed by atoms with E-state index >= 15 is 0 Å². The molecule has 2 heterocycles. The van der Waals surface area contributed by atoms with Crippen molar-refractivity contribution in [2.75, 3.05) is 119 Å². The molecule has 2 saturated heterocycles. The van der Waals surface area contributed by atoms with E-state index in [2.05, 4.69) is 27.3 Å². The van der Waals surface area contributed by atoms with Crippen molar-refractivity contribution in [3.63, 3.8) is 0 Å². The van der Waals surface area contributed by atoms with E-state index < -0.39 is 41.2 Å². The van der Waals surface area contributed by atoms with E-state index in [1.807, 2.05) is 20.8 Å². The Bertz CT molecular complexity index is 1610. The lowest BCUT2D eigenvalue weighted by Gasteiger charge is -2.22. The summed E-state index contributed by atoms with van der Waals surface area (Å²) in [5, 5.41) is 34.9. The van der Waals surface area contributed by atoms with E-state index in [0.29, 0.717) is 37.9 Å². The number of rotatable bonds is 27. The fourth-order valence-corrected chi connectivity index (χ4v) is 4.51. The van der Waals surface area contributed by atoms with Gasteiger partial charge in [-0.3, -0.25) is 9.59 Å². The lowest BCUT2D eigenvalue weighted by atomic mass is 10.2. The number of ether oxygens (including phenoxy) is 12. The van der Waals surface area contributed by atoms with Gasteiger partial charge >= 0.3 is 29.8 Å². The van der Waals surface area contributed by atoms with Gasteiger partial charge in [0.2, 0.25) is 0 Å². The first-order chi connectivity index (χ1) is 35.2. The standard InChI is InChI=1S/C11H15NO6.C11H18O4.C8H16O4.C7H10O4.C7H14O3.C7H14O2/c1-2-5-16-6-7-17-8-11(15)18-12-9(13)3-4-10(12)14;1-5-6-13-7-8-14-9-10(12)15-11(2,3)4;1-8(2,3)12-7(10)6-11-5-4-9;1-2-3-10-4-5-11-6-7(8)9;8-4-6-10-7-3-1-2-5-9-7;1-5-6(8)9-7(2,3)4/h1,9,13H,3-8H2;1H,6-9H2,2-4H3;9H,4-6H2,1-3H3;1H,3-6H2,(H,8,9);7-8H,1-6H2;5H2,1-4H3. The summed E-state index contributed by atoms with van der Waals surface area (Å²) in [5.41, 5.74) is -1.27. The SMILES string of the molecule is C#CCOCCOCC(=O)O.C#CCOCCOCC(=O)OC(C)(C)C.C#CCOCCOCC(=O)ON1C(=O)CCC1O.CC(C)(C)OC(=O)COCCO.CCC(=O)OC(C)(C)C.OCCOC1CCCCO1. The number of aliphatic hydroxyl groups is 3. The molecule has 24 nitrogen and oxygen atoms in total. The molecule has 0 aromatic heterocycles. The summed E-state index contributed by atoms with van der Waals surface area (Å²) >= 11 is 0. The molecule has 2 aliphatic heterocycles. The van der Waals surface area contributed by atoms with Crippen molar-refractivity contribution < 1.29 is 111 Å². The van der Waals surface area contributed by atoms with Crippen LogP contribution in [0.2, 0.25) is 0 Å². The number of carbonyl (C=O) groups is 6. The first kappa shape index (κ1) is 76.5. The van der Waals surface area contributed by atoms with Gasteiger partial charge in [-0.05, 0) is 81.6 Å². The molecule has 0 aromatic rings. The van der Waals surface area contributed by atoms with Gasteiger partial charge in [0.15, 0.2) is 12.5 Å². The van der Waals surface area contributed by atoms with Crippen LogP contribution in [0, 0.1) is 37.0 Å². The van der Waals surface area contributed by atoms with Crippen molar-refractivity contribution in [1.82, 2.24) is 5.06 Å². The number of aliphatic hydroxyl groups excluding tert-OH is 3. The van der Waals surface area contributed by atoms with Gasteiger partial charge in [0.05, 0.1) is 66.1 Å². The number of nitrogens with zero attached hydrogens (tertiary/aromatic N) is 1. The summed E-state index contributed by atoms with van der Waals surface area (Å²) in [4.78, 5) is 69.6. The molecule has 0 aromatic carbocycles. The van der Waals surface area contributed by atoms with Crippen LogP contribution in [-0.2, 0) is 90.4 Å². The van der Waals surface area contributed by atoms with E-state index in [9.17, 15) is 33.9 Å². The summed E-state index contributed by atoms with van der Waals surface area (Å²) in [6, 6.07) is 0. The number of carboxylic acids is 1. The molecule has 4 N–H and O–H groups in total. The van der Waals surface area contributed by atoms with E-state index in [0.717, 1.165) is 19.4 Å². The third kappa shape index (κ3) is 63.2. The van der Waals surface area contributed by atoms with Gasteiger partial charge in [0.1, 0.15) is 63.1 Å². The number of esters is 3. The highest BCUT2D eigenvalue weighted by molar-refractivity contribution is 5.80. The summed E-state index contributed by atoms with van der Waals surface area (Å²) in [5.74, 6) is 3.81. The van der Waals surface area contributed by atoms with Crippen molar-refractivity contribution in [3.8, 4) is 37.0 Å². The van der Waals surface area contributed by atoms with Crippen molar-refractivity contribution >= 4 is 35.8 Å². The van der Waals surface area contributed by atoms with Gasteiger partial charge in [-0.2, -0.15) is 0 Å². The van der Waals surface area contributed by atoms with E-state index in [-0.39, 0.29) is 123 Å². The van der Waals surface area contributed by atoms with Crippen LogP contribution in [0.15, 0.2) is 0 Å². The first-order valence-corrected chi connectivity index (χ1v) is 24.1. The number of amides is 1. The Labute approximate surface area is 443 Å². The van der Waals surface area contributed by atoms with E-state index in [4.69, 9.17) is 86.7 Å². The topological polar surface area (TPSA) is 307 Å². The Kier molecular flexibility index (Phi) is 50.9. The molecule has 2 atom stereocenters. The van der Waals surface area contributed by atoms with Crippen LogP contribution in [0.25, 0.3) is 0 Å². The minimum atomic E-state index is -1.07. The molecule has 2 aliphatic rings. The third-order valence-corrected chi connectivity index (χ3v) is 7.21. The monoisotopic (exact) mass is 1080 g/mol. The zero-order chi connectivity index (χ0) is 58.0. The maximum absolute atomic E-state index is 11.3. The molecule has 434 valence electrons. The minimum absolute atomic E-state index is 0.0547. The molecule has 2 rings (SSSR count). The molecule has 75 heavy (non-hydrogen) atoms. The van der Waals surface area contributed by atoms with Crippen LogP contribution >= 0.6 is 0 Å². The maximum atomic E-state index is 11.3. The smallest absolute Gasteiger partial charge is 0.358 e. The zero-order valence-corrected chi connectivity index (χ0v) is 45.9. The number of aliphatic carboxylic acids is 1. The average Bonchev–Trinajstić information content (AvgIpc) is 3.63. The molecule has 0 saturated carbocycles. The number of terminal acetylenes is 3. The molecular formula is C51H87NO23. The summed E-state index contributed by atoms with van der Waals surface area (Å²) in [6.45, 7) is 21.2. The highest BCUT2D eigenvalue weighted by Crippen LogP contribution is 2.17. The quantitative estimate of drug-likeness (QED) is 0.0397. The number of carboxylic acid groups (broad SMARTS) is 1. The van der Waals surface area contributed by atoms with Crippen LogP contribution in [0.3, 0.4) is 0 Å². The predicted octanol–water partition coefficient (Wildman–Crippen LogP) is 2.38. The van der Waals surface area contributed by atoms with Crippen LogP contribution in [0.4, 0.5) is 0 Å². The Morgan fingerprint density at radius 2 is 0.987 bits per heavy atom. The van der Waals surface area contributed by atoms with Gasteiger partial charge in [-0.1, -0.05) is 24.7 Å². The number of carbonyl (C=O) groups excluding carboxylic acids is 5. The second kappa shape index (κ2) is 49.9. The first-order valence-electron chi connectivity index (χ1n) is 24.1. The second-order valence-electron chi connectivity index (χ2n) is 17.8. The Hall–Kier alpha value is -4.98. The molecule has 0 bridgehead atoms. The van der Waals surface area contributed by atoms with Crippen molar-refractivity contribution in [2.24, 2.45) is 0 Å². The lowest BCUT2D eigenvalue weighted by molar-refractivity contribution is -0.223. The molecule has 0 radical (unpaired) electrons. The van der Waals surface area contributed by atoms with Gasteiger partial charge in [0.25, 0.3) is 5.91 Å². The third-order valence-electron chi connectivity index (χ3n) is 7.21. The fourth-order valence-electron chi connectivity index (χ4n) is 4.51. The normalized spacial score (nSPS) is 14.7. The van der Waals surface area contributed by atoms with Gasteiger partial charge in [-0.25, -0.2) is 19.2 Å². The van der Waals surface area contributed by atoms with Gasteiger partial charge in [-0.15, -0.1) is 24.3 Å². The van der Waals surface area contributed by atoms with Crippen molar-refractivity contribution in [2.45, 2.75) is 137 Å². The molecule has 1 amide bonds. The van der Waals surface area contributed by atoms with Crippen molar-refractivity contribution in [1.29, 1.82) is 0 Å². The van der Waals surface area contributed by atoms with Crippen LogP contribution < -0.4 is 0 Å². The molecule has 2 unspecified atom stereocenters. The lowest BCUT2D eigenvalue weighted by Crippen LogP contribution is -2.36. The van der Waals surface area contributed by atoms with Gasteiger partial charge < -0.3 is 82.1 Å². The van der Waals surface area contributed by atoms with Crippen LogP contribution in [0.1, 0.15) is 108 Å². The maximum Gasteiger partial charge on any atom is 0.358 e. The number of hydroxylamine groups is 2. The second-order valence-corrected chi connectivity index (χ2v) is 17.8. The summed E-state index contributed by atoms with van der Waals surface area (Å²) < 4.78 is 59.4. The molecule has 0 spiro atoms.